The largest absolute Gasteiger partial charge is 0.325 e. The number of anilines is 1. The topological polar surface area (TPSA) is 63.2 Å². The van der Waals surface area contributed by atoms with E-state index in [1.54, 1.807) is 20.8 Å². The molecule has 7 heteroatoms. The van der Waals surface area contributed by atoms with Gasteiger partial charge in [0.2, 0.25) is 5.91 Å². The average Bonchev–Trinajstić information content (AvgIpc) is 2.44. The smallest absolute Gasteiger partial charge is 0.253 e. The van der Waals surface area contributed by atoms with Gasteiger partial charge in [0.1, 0.15) is 5.88 Å². The molecule has 0 aliphatic rings. The van der Waals surface area contributed by atoms with Crippen LogP contribution in [0.1, 0.15) is 51.3 Å². The number of benzene rings is 1. The highest BCUT2D eigenvalue weighted by Crippen LogP contribution is 2.33. The first-order valence-electron chi connectivity index (χ1n) is 6.61. The minimum Gasteiger partial charge on any atom is -0.325 e. The molecule has 0 radical (unpaired) electrons. The summed E-state index contributed by atoms with van der Waals surface area (Å²) in [5, 5.41) is 1.11. The predicted molar refractivity (Wildman–Crippen MR) is 91.7 cm³/mol. The van der Waals surface area contributed by atoms with Gasteiger partial charge in [0.15, 0.2) is 0 Å². The van der Waals surface area contributed by atoms with Gasteiger partial charge in [-0.25, -0.2) is 0 Å². The van der Waals surface area contributed by atoms with E-state index >= 15 is 0 Å². The van der Waals surface area contributed by atoms with Gasteiger partial charge in [-0.2, -0.15) is 0 Å². The van der Waals surface area contributed by atoms with Crippen LogP contribution >= 0.6 is 34.8 Å². The SMILES string of the molecule is CC.Cc1c(NC(=O)CCl)c(C)c(C(=O)Cl)c(C)c1C(=O)Cl. The Balaban J connectivity index is 0.00000211. The van der Waals surface area contributed by atoms with Gasteiger partial charge in [-0.15, -0.1) is 11.6 Å². The standard InChI is InChI=1S/C13H12Cl3NO3.C2H6/c1-5-9(12(15)19)6(2)11(17-8(18)4-14)7(3)10(5)13(16)20;1-2/h4H2,1-3H3,(H,17,18);1-2H3. The summed E-state index contributed by atoms with van der Waals surface area (Å²) in [6.45, 7) is 8.84. The molecule has 4 nitrogen and oxygen atoms in total. The maximum atomic E-state index is 11.6. The molecule has 0 unspecified atom stereocenters. The Labute approximate surface area is 145 Å². The number of hydrogen-bond acceptors (Lipinski definition) is 3. The normalized spacial score (nSPS) is 9.64. The molecule has 1 amide bonds. The highest BCUT2D eigenvalue weighted by Gasteiger charge is 2.24. The van der Waals surface area contributed by atoms with E-state index in [0.717, 1.165) is 0 Å². The Kier molecular flexibility index (Phi) is 8.68. The van der Waals surface area contributed by atoms with E-state index in [4.69, 9.17) is 34.8 Å². The fourth-order valence-corrected chi connectivity index (χ4v) is 2.80. The third-order valence-electron chi connectivity index (χ3n) is 3.03. The van der Waals surface area contributed by atoms with E-state index in [9.17, 15) is 14.4 Å². The summed E-state index contributed by atoms with van der Waals surface area (Å²) in [6.07, 6.45) is 0. The summed E-state index contributed by atoms with van der Waals surface area (Å²) in [5.41, 5.74) is 1.98. The fraction of sp³-hybridized carbons (Fsp3) is 0.400. The fourth-order valence-electron chi connectivity index (χ4n) is 2.17. The molecule has 0 aliphatic carbocycles. The van der Waals surface area contributed by atoms with Crippen molar-refractivity contribution in [3.63, 3.8) is 0 Å². The molecule has 0 saturated heterocycles. The molecule has 1 N–H and O–H groups in total. The third-order valence-corrected chi connectivity index (χ3v) is 3.65. The van der Waals surface area contributed by atoms with Crippen LogP contribution in [0.3, 0.4) is 0 Å². The molecule has 122 valence electrons. The molecule has 0 saturated carbocycles. The van der Waals surface area contributed by atoms with E-state index in [0.29, 0.717) is 22.4 Å². The van der Waals surface area contributed by atoms with Crippen LogP contribution in [0, 0.1) is 20.8 Å². The van der Waals surface area contributed by atoms with Gasteiger partial charge < -0.3 is 5.32 Å². The molecule has 0 heterocycles. The monoisotopic (exact) mass is 365 g/mol. The van der Waals surface area contributed by atoms with Crippen LogP contribution < -0.4 is 5.32 Å². The van der Waals surface area contributed by atoms with Crippen molar-refractivity contribution in [3.05, 3.63) is 27.8 Å². The number of hydrogen-bond donors (Lipinski definition) is 1. The van der Waals surface area contributed by atoms with E-state index in [2.05, 4.69) is 5.32 Å². The summed E-state index contributed by atoms with van der Waals surface area (Å²) in [5.74, 6) is -0.705. The number of rotatable bonds is 4. The van der Waals surface area contributed by atoms with Gasteiger partial charge in [0.25, 0.3) is 10.5 Å². The van der Waals surface area contributed by atoms with Crippen molar-refractivity contribution in [2.24, 2.45) is 0 Å². The average molecular weight is 367 g/mol. The quantitative estimate of drug-likeness (QED) is 0.627. The molecule has 0 aromatic heterocycles. The van der Waals surface area contributed by atoms with Gasteiger partial charge in [-0.05, 0) is 60.7 Å². The molecule has 0 spiro atoms. The van der Waals surface area contributed by atoms with Crippen molar-refractivity contribution in [3.8, 4) is 0 Å². The van der Waals surface area contributed by atoms with E-state index < -0.39 is 16.4 Å². The van der Waals surface area contributed by atoms with Crippen LogP contribution in [0.15, 0.2) is 0 Å². The number of halogens is 3. The second-order valence-electron chi connectivity index (χ2n) is 4.23. The maximum absolute atomic E-state index is 11.6. The highest BCUT2D eigenvalue weighted by atomic mass is 35.5. The minimum atomic E-state index is -0.722. The highest BCUT2D eigenvalue weighted by molar-refractivity contribution is 6.69. The summed E-state index contributed by atoms with van der Waals surface area (Å²) in [4.78, 5) is 34.6. The number of alkyl halides is 1. The van der Waals surface area contributed by atoms with Crippen molar-refractivity contribution in [1.29, 1.82) is 0 Å². The third kappa shape index (κ3) is 4.45. The van der Waals surface area contributed by atoms with Crippen LogP contribution in [0.2, 0.25) is 0 Å². The summed E-state index contributed by atoms with van der Waals surface area (Å²) >= 11 is 16.6. The summed E-state index contributed by atoms with van der Waals surface area (Å²) < 4.78 is 0. The number of nitrogens with one attached hydrogen (secondary N) is 1. The van der Waals surface area contributed by atoms with Crippen molar-refractivity contribution in [1.82, 2.24) is 0 Å². The Morgan fingerprint density at radius 1 is 0.864 bits per heavy atom. The molecule has 0 atom stereocenters. The lowest BCUT2D eigenvalue weighted by Gasteiger charge is -2.19. The van der Waals surface area contributed by atoms with Crippen LogP contribution in [-0.4, -0.2) is 22.3 Å². The lowest BCUT2D eigenvalue weighted by Crippen LogP contribution is -2.18. The lowest BCUT2D eigenvalue weighted by atomic mass is 9.92. The first kappa shape index (κ1) is 20.9. The number of carbonyl (C=O) groups excluding carboxylic acids is 3. The minimum absolute atomic E-state index is 0.158. The summed E-state index contributed by atoms with van der Waals surface area (Å²) in [7, 11) is 0. The number of amides is 1. The lowest BCUT2D eigenvalue weighted by molar-refractivity contribution is -0.113. The zero-order chi connectivity index (χ0) is 17.6. The van der Waals surface area contributed by atoms with Crippen molar-refractivity contribution in [2.45, 2.75) is 34.6 Å². The van der Waals surface area contributed by atoms with Crippen LogP contribution in [-0.2, 0) is 4.79 Å². The van der Waals surface area contributed by atoms with Gasteiger partial charge in [0, 0.05) is 16.8 Å². The number of carbonyl (C=O) groups is 3. The summed E-state index contributed by atoms with van der Waals surface area (Å²) in [6, 6.07) is 0. The van der Waals surface area contributed by atoms with E-state index in [1.807, 2.05) is 13.8 Å². The van der Waals surface area contributed by atoms with Crippen LogP contribution in [0.4, 0.5) is 5.69 Å². The Morgan fingerprint density at radius 2 is 1.23 bits per heavy atom. The van der Waals surface area contributed by atoms with Gasteiger partial charge in [0.05, 0.1) is 0 Å². The second kappa shape index (κ2) is 9.13. The zero-order valence-corrected chi connectivity index (χ0v) is 15.3. The molecule has 22 heavy (non-hydrogen) atoms. The molecule has 1 rings (SSSR count). The predicted octanol–water partition coefficient (Wildman–Crippen LogP) is 4.57. The van der Waals surface area contributed by atoms with Gasteiger partial charge in [-0.1, -0.05) is 13.8 Å². The first-order valence-corrected chi connectivity index (χ1v) is 7.90. The Hall–Kier alpha value is -1.10. The Bertz CT molecular complexity index is 572. The zero-order valence-electron chi connectivity index (χ0n) is 13.1. The maximum Gasteiger partial charge on any atom is 0.253 e. The van der Waals surface area contributed by atoms with Crippen molar-refractivity contribution < 1.29 is 14.4 Å². The van der Waals surface area contributed by atoms with E-state index in [-0.39, 0.29) is 17.0 Å². The van der Waals surface area contributed by atoms with Crippen molar-refractivity contribution >= 4 is 56.9 Å². The molecule has 0 aliphatic heterocycles. The van der Waals surface area contributed by atoms with E-state index in [1.165, 1.54) is 0 Å². The molecular formula is C15H18Cl3NO3. The Morgan fingerprint density at radius 3 is 1.50 bits per heavy atom. The molecule has 1 aromatic carbocycles. The molecule has 0 fully saturated rings. The molecule has 1 aromatic rings. The first-order chi connectivity index (χ1) is 10.2. The van der Waals surface area contributed by atoms with Crippen LogP contribution in [0.5, 0.6) is 0 Å². The second-order valence-corrected chi connectivity index (χ2v) is 5.18. The molecule has 0 bridgehead atoms. The molecular weight excluding hydrogens is 349 g/mol. The van der Waals surface area contributed by atoms with Gasteiger partial charge >= 0.3 is 0 Å². The van der Waals surface area contributed by atoms with Crippen molar-refractivity contribution in [2.75, 3.05) is 11.2 Å². The van der Waals surface area contributed by atoms with Gasteiger partial charge in [-0.3, -0.25) is 14.4 Å². The van der Waals surface area contributed by atoms with Crippen LogP contribution in [0.25, 0.3) is 0 Å².